The van der Waals surface area contributed by atoms with E-state index in [9.17, 15) is 0 Å². The van der Waals surface area contributed by atoms with Gasteiger partial charge in [-0.1, -0.05) is 299 Å². The molecule has 4 heteroatoms. The normalized spacial score (nSPS) is 13.5. The third-order valence-corrected chi connectivity index (χ3v) is 28.9. The van der Waals surface area contributed by atoms with Gasteiger partial charge >= 0.3 is 0 Å². The number of benzene rings is 25. The first-order valence-electron chi connectivity index (χ1n) is 44.9. The molecule has 1 spiro atoms. The molecule has 0 heterocycles. The maximum Gasteiger partial charge on any atom is 0.0473 e. The van der Waals surface area contributed by atoms with Crippen LogP contribution in [0.5, 0.6) is 0 Å². The molecule has 0 bridgehead atoms. The molecule has 3 aliphatic carbocycles. The molecule has 0 unspecified atom stereocenters. The standard InChI is InChI=1S/C65H44N2.C59H38N2/c1-65(2)59-39-46(41-27-30-53(31-28-41)66(51-15-5-3-6-16-51)55-35-47-23-19-42-11-9-12-43-20-24-48(36-55)63(47)61(42)43)29-33-57(59)58-34-32-54(40-60(58)65)67(52-17-7-4-8-18-52)56-37-49-25-21-44-13-10-14-45-22-26-50(38-56)64(49)62(44)45;1-3-13-45(14-4-1)60(49-31-41-21-17-37-9-7-10-38-18-22-42(32-49)57(41)55(37)38)47-25-27-51-52-28-26-48(36-54(52)59(29-30-59)53(51)35-47)61(46-15-5-2-6-16-46)50-33-43-23-19-39-11-8-12-40-20-24-44(34-50)58(43)56(39)40/h3-40H,1-2H3;1-28,31-36H,29-30H2. The van der Waals surface area contributed by atoms with E-state index in [1.165, 1.54) is 208 Å². The minimum Gasteiger partial charge on any atom is -0.310 e. The number of hydrogen-bond donors (Lipinski definition) is 0. The molecule has 0 aromatic heterocycles. The van der Waals surface area contributed by atoms with Crippen LogP contribution in [0.3, 0.4) is 0 Å². The van der Waals surface area contributed by atoms with Crippen molar-refractivity contribution >= 4 is 198 Å². The minimum absolute atomic E-state index is 0.00225. The summed E-state index contributed by atoms with van der Waals surface area (Å²) in [6.07, 6.45) is 2.30. The zero-order valence-electron chi connectivity index (χ0n) is 70.8. The monoisotopic (exact) mass is 1630 g/mol. The molecule has 0 aliphatic heterocycles. The lowest BCUT2D eigenvalue weighted by Crippen LogP contribution is -2.16. The van der Waals surface area contributed by atoms with Crippen LogP contribution in [-0.4, -0.2) is 0 Å². The van der Waals surface area contributed by atoms with Gasteiger partial charge in [-0.15, -0.1) is 0 Å². The van der Waals surface area contributed by atoms with Crippen molar-refractivity contribution in [1.82, 2.24) is 0 Å². The molecular weight excluding hydrogens is 1550 g/mol. The Kier molecular flexibility index (Phi) is 15.6. The van der Waals surface area contributed by atoms with Crippen molar-refractivity contribution in [3.63, 3.8) is 0 Å². The minimum atomic E-state index is -0.215. The first-order valence-corrected chi connectivity index (χ1v) is 44.9. The predicted octanol–water partition coefficient (Wildman–Crippen LogP) is 34.9. The second-order valence-corrected chi connectivity index (χ2v) is 36.3. The van der Waals surface area contributed by atoms with Crippen molar-refractivity contribution in [2.45, 2.75) is 37.5 Å². The molecule has 0 atom stereocenters. The Hall–Kier alpha value is -16.1. The summed E-state index contributed by atoms with van der Waals surface area (Å²) in [4.78, 5) is 9.74. The summed E-state index contributed by atoms with van der Waals surface area (Å²) in [6.45, 7) is 4.78. The molecule has 25 aromatic carbocycles. The fourth-order valence-corrected chi connectivity index (χ4v) is 22.8. The van der Waals surface area contributed by atoms with Crippen molar-refractivity contribution in [2.75, 3.05) is 19.6 Å². The van der Waals surface area contributed by atoms with Crippen molar-refractivity contribution in [2.24, 2.45) is 0 Å². The van der Waals surface area contributed by atoms with E-state index in [1.54, 1.807) is 0 Å². The van der Waals surface area contributed by atoms with Crippen LogP contribution in [-0.2, 0) is 10.8 Å². The van der Waals surface area contributed by atoms with Gasteiger partial charge in [-0.05, 0) is 349 Å². The highest BCUT2D eigenvalue weighted by atomic mass is 15.2. The van der Waals surface area contributed by atoms with Gasteiger partial charge in [0.15, 0.2) is 0 Å². The topological polar surface area (TPSA) is 13.0 Å². The summed E-state index contributed by atoms with van der Waals surface area (Å²) in [5.41, 5.74) is 27.0. The van der Waals surface area contributed by atoms with E-state index < -0.39 is 0 Å². The Morgan fingerprint density at radius 2 is 0.367 bits per heavy atom. The lowest BCUT2D eigenvalue weighted by molar-refractivity contribution is 0.660. The molecule has 3 aliphatic rings. The third-order valence-electron chi connectivity index (χ3n) is 28.9. The number of anilines is 12. The second-order valence-electron chi connectivity index (χ2n) is 36.3. The number of para-hydroxylation sites is 4. The molecule has 1 saturated carbocycles. The first-order chi connectivity index (χ1) is 63.1. The Labute approximate surface area is 741 Å². The van der Waals surface area contributed by atoms with E-state index >= 15 is 0 Å². The summed E-state index contributed by atoms with van der Waals surface area (Å²) in [5.74, 6) is 0. The van der Waals surface area contributed by atoms with Crippen LogP contribution >= 0.6 is 0 Å². The molecular formula is C124H82N4. The molecule has 0 saturated heterocycles. The van der Waals surface area contributed by atoms with Gasteiger partial charge in [0.05, 0.1) is 0 Å². The van der Waals surface area contributed by atoms with Gasteiger partial charge in [-0.25, -0.2) is 0 Å². The van der Waals surface area contributed by atoms with Gasteiger partial charge in [-0.3, -0.25) is 0 Å². The summed E-state index contributed by atoms with van der Waals surface area (Å²) < 4.78 is 0. The van der Waals surface area contributed by atoms with E-state index in [0.29, 0.717) is 0 Å². The zero-order valence-corrected chi connectivity index (χ0v) is 70.8. The van der Waals surface area contributed by atoms with Crippen LogP contribution < -0.4 is 19.6 Å². The van der Waals surface area contributed by atoms with E-state index in [1.807, 2.05) is 0 Å². The SMILES string of the molecule is CC1(C)c2cc(-c3ccc(N(c4ccccc4)c4cc5ccc6cccc7ccc(c4)c5c67)cc3)ccc2-c2ccc(N(c3ccccc3)c3cc4ccc5cccc6ccc(c3)c4c56)cc21.c1ccc(N(c2ccc3c(c2)C2(CC2)c2cc(N(c4ccccc4)c4cc5ccc6cccc7ccc(c4)c5c67)ccc2-3)c2cc3ccc4cccc5ccc(c2)c3c45)cc1. The Bertz CT molecular complexity index is 8300. The highest BCUT2D eigenvalue weighted by Crippen LogP contribution is 2.65. The van der Waals surface area contributed by atoms with Crippen molar-refractivity contribution in [3.8, 4) is 33.4 Å². The second kappa shape index (κ2) is 27.7. The van der Waals surface area contributed by atoms with Crippen LogP contribution in [0.1, 0.15) is 48.9 Å². The van der Waals surface area contributed by atoms with Crippen molar-refractivity contribution < 1.29 is 0 Å². The quantitative estimate of drug-likeness (QED) is 0.107. The molecule has 598 valence electrons. The fourth-order valence-electron chi connectivity index (χ4n) is 22.8. The van der Waals surface area contributed by atoms with Crippen LogP contribution in [0.2, 0.25) is 0 Å². The van der Waals surface area contributed by atoms with Gasteiger partial charge in [0.2, 0.25) is 0 Å². The number of hydrogen-bond acceptors (Lipinski definition) is 4. The lowest BCUT2D eigenvalue weighted by atomic mass is 9.81. The molecule has 128 heavy (non-hydrogen) atoms. The van der Waals surface area contributed by atoms with Gasteiger partial charge in [0.1, 0.15) is 0 Å². The molecule has 25 aromatic rings. The first kappa shape index (κ1) is 72.3. The highest BCUT2D eigenvalue weighted by Gasteiger charge is 2.53. The Morgan fingerprint density at radius 3 is 0.648 bits per heavy atom. The molecule has 0 radical (unpaired) electrons. The third kappa shape index (κ3) is 11.1. The van der Waals surface area contributed by atoms with Crippen LogP contribution in [0.25, 0.3) is 163 Å². The van der Waals surface area contributed by atoms with E-state index in [0.717, 1.165) is 58.3 Å². The maximum absolute atomic E-state index is 2.51. The summed E-state index contributed by atoms with van der Waals surface area (Å²) in [7, 11) is 0. The molecule has 0 N–H and O–H groups in total. The van der Waals surface area contributed by atoms with Crippen LogP contribution in [0, 0.1) is 0 Å². The Morgan fingerprint density at radius 1 is 0.156 bits per heavy atom. The summed E-state index contributed by atoms with van der Waals surface area (Å²) >= 11 is 0. The smallest absolute Gasteiger partial charge is 0.0473 e. The van der Waals surface area contributed by atoms with Crippen molar-refractivity contribution in [3.05, 3.63) is 459 Å². The van der Waals surface area contributed by atoms with Crippen molar-refractivity contribution in [1.29, 1.82) is 0 Å². The van der Waals surface area contributed by atoms with Gasteiger partial charge < -0.3 is 19.6 Å². The summed E-state index contributed by atoms with van der Waals surface area (Å²) in [5, 5.41) is 31.2. The molecule has 4 nitrogen and oxygen atoms in total. The van der Waals surface area contributed by atoms with Gasteiger partial charge in [0.25, 0.3) is 0 Å². The average Bonchev–Trinajstić information content (AvgIpc) is 1.56. The summed E-state index contributed by atoms with van der Waals surface area (Å²) in [6, 6.07) is 163. The average molecular weight is 1630 g/mol. The van der Waals surface area contributed by atoms with E-state index in [2.05, 4.69) is 470 Å². The highest BCUT2D eigenvalue weighted by molar-refractivity contribution is 6.28. The number of rotatable bonds is 13. The van der Waals surface area contributed by atoms with Crippen LogP contribution in [0.15, 0.2) is 437 Å². The van der Waals surface area contributed by atoms with Gasteiger partial charge in [-0.2, -0.15) is 0 Å². The Balaban J connectivity index is 0.000000133. The fraction of sp³-hybridized carbons (Fsp3) is 0.0484. The molecule has 0 amide bonds. The van der Waals surface area contributed by atoms with Gasteiger partial charge in [0, 0.05) is 79.1 Å². The maximum atomic E-state index is 2.51. The van der Waals surface area contributed by atoms with E-state index in [-0.39, 0.29) is 10.8 Å². The van der Waals surface area contributed by atoms with E-state index in [4.69, 9.17) is 0 Å². The lowest BCUT2D eigenvalue weighted by Gasteiger charge is -2.29. The molecule has 1 fully saturated rings. The predicted molar refractivity (Wildman–Crippen MR) is 545 cm³/mol. The largest absolute Gasteiger partial charge is 0.310 e. The van der Waals surface area contributed by atoms with Crippen LogP contribution in [0.4, 0.5) is 68.2 Å². The zero-order chi connectivity index (χ0) is 84.2. The molecule has 28 rings (SSSR count). The number of fused-ring (bicyclic) bond motifs is 8. The number of nitrogens with zero attached hydrogens (tertiary/aromatic N) is 4.